The third-order valence-corrected chi connectivity index (χ3v) is 2.20. The highest BCUT2D eigenvalue weighted by Crippen LogP contribution is 2.29. The Labute approximate surface area is 105 Å². The molecule has 0 aliphatic rings. The summed E-state index contributed by atoms with van der Waals surface area (Å²) in [4.78, 5) is 0. The Morgan fingerprint density at radius 1 is 1.29 bits per heavy atom. The van der Waals surface area contributed by atoms with Crippen molar-refractivity contribution < 1.29 is 22.6 Å². The van der Waals surface area contributed by atoms with E-state index in [1.54, 1.807) is 13.2 Å². The van der Waals surface area contributed by atoms with Crippen molar-refractivity contribution in [1.29, 1.82) is 0 Å². The maximum Gasteiger partial charge on any atom is 0.573 e. The molecule has 0 spiro atoms. The zero-order valence-corrected chi connectivity index (χ0v) is 10.6. The Hall–Kier alpha value is -0.950. The van der Waals surface area contributed by atoms with Crippen molar-refractivity contribution in [2.75, 3.05) is 25.6 Å². The zero-order valence-electron chi connectivity index (χ0n) is 8.97. The molecule has 0 atom stereocenters. The van der Waals surface area contributed by atoms with Crippen molar-refractivity contribution in [2.24, 2.45) is 0 Å². The highest BCUT2D eigenvalue weighted by atomic mass is 79.9. The molecule has 1 aromatic carbocycles. The van der Waals surface area contributed by atoms with Crippen LogP contribution in [0.25, 0.3) is 0 Å². The van der Waals surface area contributed by atoms with Crippen molar-refractivity contribution in [1.82, 2.24) is 0 Å². The summed E-state index contributed by atoms with van der Waals surface area (Å²) in [6, 6.07) is 4.17. The molecule has 0 heterocycles. The lowest BCUT2D eigenvalue weighted by molar-refractivity contribution is -0.274. The van der Waals surface area contributed by atoms with Crippen molar-refractivity contribution in [3.05, 3.63) is 22.7 Å². The number of methoxy groups -OCH3 is 1. The SMILES string of the molecule is COCCNc1cc(Br)cc(OC(F)(F)F)c1. The maximum absolute atomic E-state index is 12.0. The van der Waals surface area contributed by atoms with E-state index in [4.69, 9.17) is 4.74 Å². The minimum Gasteiger partial charge on any atom is -0.406 e. The fourth-order valence-electron chi connectivity index (χ4n) is 1.15. The number of anilines is 1. The van der Waals surface area contributed by atoms with E-state index in [1.807, 2.05) is 0 Å². The number of nitrogens with one attached hydrogen (secondary N) is 1. The Balaban J connectivity index is 2.72. The molecular formula is C10H11BrF3NO2. The van der Waals surface area contributed by atoms with Gasteiger partial charge in [-0.05, 0) is 12.1 Å². The van der Waals surface area contributed by atoms with Gasteiger partial charge in [0.25, 0.3) is 0 Å². The molecule has 17 heavy (non-hydrogen) atoms. The molecule has 1 rings (SSSR count). The van der Waals surface area contributed by atoms with E-state index in [0.717, 1.165) is 0 Å². The van der Waals surface area contributed by atoms with Crippen LogP contribution in [0, 0.1) is 0 Å². The topological polar surface area (TPSA) is 30.5 Å². The van der Waals surface area contributed by atoms with E-state index in [0.29, 0.717) is 23.3 Å². The first-order valence-corrected chi connectivity index (χ1v) is 5.49. The summed E-state index contributed by atoms with van der Waals surface area (Å²) >= 11 is 3.11. The van der Waals surface area contributed by atoms with E-state index < -0.39 is 6.36 Å². The van der Waals surface area contributed by atoms with Crippen LogP contribution in [-0.4, -0.2) is 26.6 Å². The van der Waals surface area contributed by atoms with Gasteiger partial charge in [-0.15, -0.1) is 13.2 Å². The first kappa shape index (κ1) is 14.1. The smallest absolute Gasteiger partial charge is 0.406 e. The lowest BCUT2D eigenvalue weighted by atomic mass is 10.3. The highest BCUT2D eigenvalue weighted by Gasteiger charge is 2.31. The Bertz CT molecular complexity index is 371. The molecule has 96 valence electrons. The van der Waals surface area contributed by atoms with Crippen LogP contribution in [0.4, 0.5) is 18.9 Å². The van der Waals surface area contributed by atoms with Crippen LogP contribution >= 0.6 is 15.9 Å². The fraction of sp³-hybridized carbons (Fsp3) is 0.400. The number of hydrogen-bond donors (Lipinski definition) is 1. The van der Waals surface area contributed by atoms with Crippen molar-refractivity contribution in [2.45, 2.75) is 6.36 Å². The second-order valence-electron chi connectivity index (χ2n) is 3.14. The van der Waals surface area contributed by atoms with Gasteiger partial charge in [0.15, 0.2) is 0 Å². The number of rotatable bonds is 5. The molecular weight excluding hydrogens is 303 g/mol. The maximum atomic E-state index is 12.0. The molecule has 0 unspecified atom stereocenters. The second kappa shape index (κ2) is 6.11. The van der Waals surface area contributed by atoms with Crippen LogP contribution in [0.5, 0.6) is 5.75 Å². The monoisotopic (exact) mass is 313 g/mol. The van der Waals surface area contributed by atoms with Crippen LogP contribution in [0.15, 0.2) is 22.7 Å². The molecule has 1 aromatic rings. The van der Waals surface area contributed by atoms with Gasteiger partial charge in [-0.2, -0.15) is 0 Å². The molecule has 0 fully saturated rings. The minimum atomic E-state index is -4.69. The zero-order chi connectivity index (χ0) is 12.9. The van der Waals surface area contributed by atoms with Gasteiger partial charge < -0.3 is 14.8 Å². The molecule has 0 aliphatic heterocycles. The van der Waals surface area contributed by atoms with Gasteiger partial charge in [-0.3, -0.25) is 0 Å². The number of ether oxygens (including phenoxy) is 2. The van der Waals surface area contributed by atoms with Crippen molar-refractivity contribution >= 4 is 21.6 Å². The average molecular weight is 314 g/mol. The van der Waals surface area contributed by atoms with Crippen LogP contribution in [0.1, 0.15) is 0 Å². The molecule has 0 saturated heterocycles. The number of halogens is 4. The van der Waals surface area contributed by atoms with Gasteiger partial charge in [0, 0.05) is 29.9 Å². The lowest BCUT2D eigenvalue weighted by Crippen LogP contribution is -2.17. The van der Waals surface area contributed by atoms with E-state index >= 15 is 0 Å². The van der Waals surface area contributed by atoms with E-state index in [-0.39, 0.29) is 5.75 Å². The average Bonchev–Trinajstić information content (AvgIpc) is 2.14. The predicted molar refractivity (Wildman–Crippen MR) is 61.2 cm³/mol. The molecule has 1 N–H and O–H groups in total. The largest absolute Gasteiger partial charge is 0.573 e. The van der Waals surface area contributed by atoms with Gasteiger partial charge >= 0.3 is 6.36 Å². The first-order valence-electron chi connectivity index (χ1n) is 4.70. The summed E-state index contributed by atoms with van der Waals surface area (Å²) in [7, 11) is 1.54. The van der Waals surface area contributed by atoms with Crippen LogP contribution in [0.2, 0.25) is 0 Å². The quantitative estimate of drug-likeness (QED) is 0.845. The van der Waals surface area contributed by atoms with Gasteiger partial charge in [0.05, 0.1) is 6.61 Å². The molecule has 0 aliphatic carbocycles. The highest BCUT2D eigenvalue weighted by molar-refractivity contribution is 9.10. The fourth-order valence-corrected chi connectivity index (χ4v) is 1.63. The van der Waals surface area contributed by atoms with Crippen molar-refractivity contribution in [3.8, 4) is 5.75 Å². The molecule has 0 amide bonds. The van der Waals surface area contributed by atoms with Crippen LogP contribution in [0.3, 0.4) is 0 Å². The second-order valence-corrected chi connectivity index (χ2v) is 4.06. The third kappa shape index (κ3) is 5.78. The summed E-state index contributed by atoms with van der Waals surface area (Å²) in [5, 5.41) is 2.91. The van der Waals surface area contributed by atoms with E-state index in [2.05, 4.69) is 26.0 Å². The van der Waals surface area contributed by atoms with Gasteiger partial charge in [-0.1, -0.05) is 15.9 Å². The van der Waals surface area contributed by atoms with Gasteiger partial charge in [-0.25, -0.2) is 0 Å². The Kier molecular flexibility index (Phi) is 5.07. The lowest BCUT2D eigenvalue weighted by Gasteiger charge is -2.12. The molecule has 0 aromatic heterocycles. The molecule has 0 radical (unpaired) electrons. The molecule has 0 saturated carbocycles. The van der Waals surface area contributed by atoms with E-state index in [1.165, 1.54) is 12.1 Å². The van der Waals surface area contributed by atoms with Crippen molar-refractivity contribution in [3.63, 3.8) is 0 Å². The normalized spacial score (nSPS) is 11.4. The van der Waals surface area contributed by atoms with Gasteiger partial charge in [0.2, 0.25) is 0 Å². The van der Waals surface area contributed by atoms with E-state index in [9.17, 15) is 13.2 Å². The summed E-state index contributed by atoms with van der Waals surface area (Å²) in [6.45, 7) is 0.959. The summed E-state index contributed by atoms with van der Waals surface area (Å²) in [5.74, 6) is -0.271. The standard InChI is InChI=1S/C10H11BrF3NO2/c1-16-3-2-15-8-4-7(11)5-9(6-8)17-10(12,13)14/h4-6,15H,2-3H2,1H3. The first-order chi connectivity index (χ1) is 7.90. The van der Waals surface area contributed by atoms with Crippen LogP contribution in [-0.2, 0) is 4.74 Å². The number of alkyl halides is 3. The predicted octanol–water partition coefficient (Wildman–Crippen LogP) is 3.41. The summed E-state index contributed by atoms with van der Waals surface area (Å²) < 4.78 is 45.2. The van der Waals surface area contributed by atoms with Crippen LogP contribution < -0.4 is 10.1 Å². The third-order valence-electron chi connectivity index (χ3n) is 1.74. The summed E-state index contributed by atoms with van der Waals surface area (Å²) in [6.07, 6.45) is -4.69. The summed E-state index contributed by atoms with van der Waals surface area (Å²) in [5.41, 5.74) is 0.524. The Morgan fingerprint density at radius 2 is 2.00 bits per heavy atom. The number of hydrogen-bond acceptors (Lipinski definition) is 3. The molecule has 7 heteroatoms. The number of benzene rings is 1. The Morgan fingerprint density at radius 3 is 2.59 bits per heavy atom. The minimum absolute atomic E-state index is 0.271. The molecule has 3 nitrogen and oxygen atoms in total. The molecule has 0 bridgehead atoms. The van der Waals surface area contributed by atoms with Gasteiger partial charge in [0.1, 0.15) is 5.75 Å².